The van der Waals surface area contributed by atoms with Crippen molar-refractivity contribution in [2.75, 3.05) is 45.8 Å². The molecule has 1 N–H and O–H groups in total. The number of piperazine rings is 1. The second-order valence-corrected chi connectivity index (χ2v) is 6.38. The lowest BCUT2D eigenvalue weighted by atomic mass is 10.3. The van der Waals surface area contributed by atoms with Crippen LogP contribution in [0, 0.1) is 0 Å². The van der Waals surface area contributed by atoms with Crippen molar-refractivity contribution >= 4 is 11.3 Å². The van der Waals surface area contributed by atoms with E-state index in [4.69, 9.17) is 4.98 Å². The van der Waals surface area contributed by atoms with Crippen LogP contribution in [0.5, 0.6) is 0 Å². The third-order valence-corrected chi connectivity index (χ3v) is 4.84. The van der Waals surface area contributed by atoms with Crippen LogP contribution < -0.4 is 5.32 Å². The summed E-state index contributed by atoms with van der Waals surface area (Å²) in [6, 6.07) is 0. The molecule has 5 heteroatoms. The van der Waals surface area contributed by atoms with E-state index in [2.05, 4.69) is 34.3 Å². The molecule has 1 fully saturated rings. The molecule has 0 bridgehead atoms. The van der Waals surface area contributed by atoms with Crippen LogP contribution in [0.2, 0.25) is 0 Å². The van der Waals surface area contributed by atoms with Crippen molar-refractivity contribution in [1.82, 2.24) is 20.1 Å². The largest absolute Gasteiger partial charge is 0.311 e. The van der Waals surface area contributed by atoms with E-state index in [1.54, 1.807) is 0 Å². The summed E-state index contributed by atoms with van der Waals surface area (Å²) in [5.41, 5.74) is 1.20. The SMILES string of the molecule is CCCNCc1csc(CCN2CCN(CC)CC2)n1. The first kappa shape index (κ1) is 15.9. The van der Waals surface area contributed by atoms with E-state index in [0.29, 0.717) is 0 Å². The minimum absolute atomic E-state index is 0.916. The Hall–Kier alpha value is -0.490. The molecule has 0 spiro atoms. The van der Waals surface area contributed by atoms with Gasteiger partial charge in [0.15, 0.2) is 0 Å². The molecule has 2 rings (SSSR count). The van der Waals surface area contributed by atoms with Crippen LogP contribution in [0.15, 0.2) is 5.38 Å². The van der Waals surface area contributed by atoms with Crippen LogP contribution in [0.3, 0.4) is 0 Å². The molecule has 1 aromatic heterocycles. The summed E-state index contributed by atoms with van der Waals surface area (Å²) in [4.78, 5) is 9.81. The van der Waals surface area contributed by atoms with Gasteiger partial charge in [-0.2, -0.15) is 0 Å². The molecule has 0 amide bonds. The Morgan fingerprint density at radius 2 is 1.95 bits per heavy atom. The number of rotatable bonds is 8. The first-order valence-electron chi connectivity index (χ1n) is 7.90. The van der Waals surface area contributed by atoms with E-state index < -0.39 is 0 Å². The van der Waals surface area contributed by atoms with Gasteiger partial charge in [0.05, 0.1) is 10.7 Å². The molecule has 0 unspecified atom stereocenters. The van der Waals surface area contributed by atoms with Gasteiger partial charge in [0.2, 0.25) is 0 Å². The van der Waals surface area contributed by atoms with Crippen molar-refractivity contribution < 1.29 is 0 Å². The minimum Gasteiger partial charge on any atom is -0.311 e. The smallest absolute Gasteiger partial charge is 0.0941 e. The maximum absolute atomic E-state index is 4.72. The molecular weight excluding hydrogens is 268 g/mol. The summed E-state index contributed by atoms with van der Waals surface area (Å²) >= 11 is 1.81. The molecule has 1 saturated heterocycles. The highest BCUT2D eigenvalue weighted by Gasteiger charge is 2.15. The minimum atomic E-state index is 0.916. The summed E-state index contributed by atoms with van der Waals surface area (Å²) in [5, 5.41) is 6.90. The summed E-state index contributed by atoms with van der Waals surface area (Å²) in [5.74, 6) is 0. The summed E-state index contributed by atoms with van der Waals surface area (Å²) in [6.45, 7) is 13.7. The quantitative estimate of drug-likeness (QED) is 0.742. The van der Waals surface area contributed by atoms with E-state index in [1.807, 2.05) is 11.3 Å². The summed E-state index contributed by atoms with van der Waals surface area (Å²) < 4.78 is 0. The lowest BCUT2D eigenvalue weighted by molar-refractivity contribution is 0.138. The van der Waals surface area contributed by atoms with Crippen molar-refractivity contribution in [2.24, 2.45) is 0 Å². The summed E-state index contributed by atoms with van der Waals surface area (Å²) in [7, 11) is 0. The van der Waals surface area contributed by atoms with Crippen molar-refractivity contribution in [2.45, 2.75) is 33.2 Å². The van der Waals surface area contributed by atoms with E-state index in [9.17, 15) is 0 Å². The van der Waals surface area contributed by atoms with Gasteiger partial charge in [-0.15, -0.1) is 11.3 Å². The Labute approximate surface area is 127 Å². The van der Waals surface area contributed by atoms with E-state index in [1.165, 1.54) is 49.8 Å². The topological polar surface area (TPSA) is 31.4 Å². The Bertz CT molecular complexity index is 372. The number of thiazole rings is 1. The first-order valence-corrected chi connectivity index (χ1v) is 8.78. The molecule has 2 heterocycles. The highest BCUT2D eigenvalue weighted by molar-refractivity contribution is 7.09. The lowest BCUT2D eigenvalue weighted by Crippen LogP contribution is -2.46. The molecule has 1 aromatic rings. The van der Waals surface area contributed by atoms with Crippen molar-refractivity contribution in [3.63, 3.8) is 0 Å². The van der Waals surface area contributed by atoms with Crippen LogP contribution >= 0.6 is 11.3 Å². The first-order chi connectivity index (χ1) is 9.81. The standard InChI is InChI=1S/C15H28N4S/c1-3-6-16-12-14-13-20-15(17-14)5-7-19-10-8-18(4-2)9-11-19/h13,16H,3-12H2,1-2H3. The van der Waals surface area contributed by atoms with Gasteiger partial charge in [-0.3, -0.25) is 0 Å². The van der Waals surface area contributed by atoms with E-state index >= 15 is 0 Å². The number of nitrogens with zero attached hydrogens (tertiary/aromatic N) is 3. The number of hydrogen-bond donors (Lipinski definition) is 1. The molecule has 0 aliphatic carbocycles. The Morgan fingerprint density at radius 3 is 2.65 bits per heavy atom. The fourth-order valence-electron chi connectivity index (χ4n) is 2.52. The zero-order valence-electron chi connectivity index (χ0n) is 12.9. The number of nitrogens with one attached hydrogen (secondary N) is 1. The van der Waals surface area contributed by atoms with Gasteiger partial charge in [-0.25, -0.2) is 4.98 Å². The van der Waals surface area contributed by atoms with Gasteiger partial charge in [0.1, 0.15) is 0 Å². The maximum atomic E-state index is 4.72. The molecule has 4 nitrogen and oxygen atoms in total. The summed E-state index contributed by atoms with van der Waals surface area (Å²) in [6.07, 6.45) is 2.28. The van der Waals surface area contributed by atoms with Crippen LogP contribution in [0.25, 0.3) is 0 Å². The number of aromatic nitrogens is 1. The molecule has 0 aromatic carbocycles. The van der Waals surface area contributed by atoms with E-state index in [-0.39, 0.29) is 0 Å². The van der Waals surface area contributed by atoms with Gasteiger partial charge in [0, 0.05) is 51.1 Å². The predicted octanol–water partition coefficient (Wildman–Crippen LogP) is 1.82. The molecule has 1 aliphatic rings. The molecule has 0 saturated carbocycles. The number of likely N-dealkylation sites (N-methyl/N-ethyl adjacent to an activating group) is 1. The average Bonchev–Trinajstić information content (AvgIpc) is 2.94. The van der Waals surface area contributed by atoms with Crippen molar-refractivity contribution in [3.05, 3.63) is 16.1 Å². The predicted molar refractivity (Wildman–Crippen MR) is 86.4 cm³/mol. The fraction of sp³-hybridized carbons (Fsp3) is 0.800. The zero-order valence-corrected chi connectivity index (χ0v) is 13.7. The van der Waals surface area contributed by atoms with E-state index in [0.717, 1.165) is 26.1 Å². The highest BCUT2D eigenvalue weighted by atomic mass is 32.1. The molecular formula is C15H28N4S. The van der Waals surface area contributed by atoms with Crippen LogP contribution in [0.4, 0.5) is 0 Å². The van der Waals surface area contributed by atoms with Crippen LogP contribution in [-0.2, 0) is 13.0 Å². The maximum Gasteiger partial charge on any atom is 0.0941 e. The van der Waals surface area contributed by atoms with Crippen LogP contribution in [0.1, 0.15) is 31.0 Å². The highest BCUT2D eigenvalue weighted by Crippen LogP contribution is 2.11. The monoisotopic (exact) mass is 296 g/mol. The second-order valence-electron chi connectivity index (χ2n) is 5.44. The molecule has 0 atom stereocenters. The van der Waals surface area contributed by atoms with Crippen LogP contribution in [-0.4, -0.2) is 60.6 Å². The van der Waals surface area contributed by atoms with Crippen molar-refractivity contribution in [1.29, 1.82) is 0 Å². The van der Waals surface area contributed by atoms with Crippen molar-refractivity contribution in [3.8, 4) is 0 Å². The van der Waals surface area contributed by atoms with Gasteiger partial charge in [-0.05, 0) is 19.5 Å². The molecule has 20 heavy (non-hydrogen) atoms. The Kier molecular flexibility index (Phi) is 6.93. The second kappa shape index (κ2) is 8.72. The fourth-order valence-corrected chi connectivity index (χ4v) is 3.31. The lowest BCUT2D eigenvalue weighted by Gasteiger charge is -2.33. The molecule has 0 radical (unpaired) electrons. The van der Waals surface area contributed by atoms with Gasteiger partial charge < -0.3 is 15.1 Å². The van der Waals surface area contributed by atoms with Gasteiger partial charge >= 0.3 is 0 Å². The Morgan fingerprint density at radius 1 is 1.20 bits per heavy atom. The molecule has 114 valence electrons. The zero-order chi connectivity index (χ0) is 14.2. The van der Waals surface area contributed by atoms with Gasteiger partial charge in [-0.1, -0.05) is 13.8 Å². The average molecular weight is 296 g/mol. The Balaban J connectivity index is 1.66. The molecule has 1 aliphatic heterocycles. The number of hydrogen-bond acceptors (Lipinski definition) is 5. The van der Waals surface area contributed by atoms with Gasteiger partial charge in [0.25, 0.3) is 0 Å². The third-order valence-electron chi connectivity index (χ3n) is 3.89. The normalized spacial score (nSPS) is 17.7. The third kappa shape index (κ3) is 5.13.